The Kier molecular flexibility index (Phi) is 5.66. The van der Waals surface area contributed by atoms with Gasteiger partial charge in [0.1, 0.15) is 17.6 Å². The molecule has 2 atom stereocenters. The predicted octanol–water partition coefficient (Wildman–Crippen LogP) is 2.74. The van der Waals surface area contributed by atoms with E-state index >= 15 is 0 Å². The monoisotopic (exact) mass is 483 g/mol. The molecule has 0 saturated carbocycles. The lowest BCUT2D eigenvalue weighted by atomic mass is 10.1. The van der Waals surface area contributed by atoms with E-state index in [-0.39, 0.29) is 12.1 Å². The van der Waals surface area contributed by atoms with Crippen LogP contribution in [-0.2, 0) is 11.2 Å². The number of anilines is 2. The van der Waals surface area contributed by atoms with Gasteiger partial charge in [0.25, 0.3) is 0 Å². The van der Waals surface area contributed by atoms with E-state index in [0.29, 0.717) is 17.8 Å². The van der Waals surface area contributed by atoms with Gasteiger partial charge in [-0.3, -0.25) is 4.79 Å². The highest BCUT2D eigenvalue weighted by Crippen LogP contribution is 2.33. The van der Waals surface area contributed by atoms with Gasteiger partial charge in [0.2, 0.25) is 5.91 Å². The summed E-state index contributed by atoms with van der Waals surface area (Å²) in [5, 5.41) is 4.84. The van der Waals surface area contributed by atoms with E-state index in [1.165, 1.54) is 6.33 Å². The number of hydrogen-bond acceptors (Lipinski definition) is 8. The molecule has 2 aromatic carbocycles. The summed E-state index contributed by atoms with van der Waals surface area (Å²) in [6.45, 7) is 0.816. The number of benzene rings is 2. The first-order valence-electron chi connectivity index (χ1n) is 11.8. The van der Waals surface area contributed by atoms with Crippen molar-refractivity contribution in [2.75, 3.05) is 16.8 Å². The number of nitrogens with one attached hydrogen (secondary N) is 3. The average molecular weight is 484 g/mol. The van der Waals surface area contributed by atoms with Crippen molar-refractivity contribution in [1.29, 1.82) is 0 Å². The number of fused-ring (bicyclic) bond motifs is 2. The molecule has 11 heteroatoms. The zero-order chi connectivity index (χ0) is 24.5. The summed E-state index contributed by atoms with van der Waals surface area (Å²) in [7, 11) is 0. The fraction of sp³-hybridized carbons (Fsp3) is 0.240. The second-order valence-electron chi connectivity index (χ2n) is 8.78. The van der Waals surface area contributed by atoms with Gasteiger partial charge in [-0.25, -0.2) is 19.9 Å². The van der Waals surface area contributed by atoms with Gasteiger partial charge in [-0.2, -0.15) is 0 Å². The van der Waals surface area contributed by atoms with Crippen LogP contribution in [-0.4, -0.2) is 54.6 Å². The lowest BCUT2D eigenvalue weighted by molar-refractivity contribution is -0.117. The minimum Gasteiger partial charge on any atom is -0.470 e. The van der Waals surface area contributed by atoms with E-state index in [2.05, 4.69) is 40.1 Å². The van der Waals surface area contributed by atoms with Crippen molar-refractivity contribution < 1.29 is 9.53 Å². The van der Waals surface area contributed by atoms with Crippen LogP contribution >= 0.6 is 0 Å². The highest BCUT2D eigenvalue weighted by Gasteiger charge is 2.30. The van der Waals surface area contributed by atoms with Gasteiger partial charge < -0.3 is 30.7 Å². The number of aromatic amines is 2. The number of imidazole rings is 2. The molecule has 1 aliphatic heterocycles. The van der Waals surface area contributed by atoms with E-state index in [4.69, 9.17) is 10.5 Å². The molecule has 182 valence electrons. The standard InChI is InChI=1S/C25H25N9O2/c26-19(10-17-11-27-12-28-17)25(35)33-16-7-6-15-3-1-4-20(18(15)9-16)36-21-5-2-8-34(21)24-22-23(30-13-29-22)31-14-32-24/h1,3-4,6-7,9,11-14,19,21H,2,5,8,10,26H2,(H,27,28)(H,33,35)(H,29,30,31,32)/t19-,21?/m0/s1. The van der Waals surface area contributed by atoms with Crippen LogP contribution in [0.25, 0.3) is 21.9 Å². The van der Waals surface area contributed by atoms with Crippen LogP contribution < -0.4 is 20.7 Å². The predicted molar refractivity (Wildman–Crippen MR) is 136 cm³/mol. The van der Waals surface area contributed by atoms with E-state index in [9.17, 15) is 4.79 Å². The molecule has 36 heavy (non-hydrogen) atoms. The summed E-state index contributed by atoms with van der Waals surface area (Å²) in [5.74, 6) is 1.24. The van der Waals surface area contributed by atoms with Crippen LogP contribution in [0.1, 0.15) is 18.5 Å². The molecular formula is C25H25N9O2. The number of aromatic nitrogens is 6. The Bertz CT molecular complexity index is 1510. The highest BCUT2D eigenvalue weighted by molar-refractivity contribution is 5.98. The maximum Gasteiger partial charge on any atom is 0.241 e. The number of H-pyrrole nitrogens is 2. The third-order valence-electron chi connectivity index (χ3n) is 6.38. The fourth-order valence-electron chi connectivity index (χ4n) is 4.60. The summed E-state index contributed by atoms with van der Waals surface area (Å²) in [4.78, 5) is 37.9. The lowest BCUT2D eigenvalue weighted by Crippen LogP contribution is -2.37. The summed E-state index contributed by atoms with van der Waals surface area (Å²) in [5.41, 5.74) is 8.99. The van der Waals surface area contributed by atoms with Crippen molar-refractivity contribution in [1.82, 2.24) is 29.9 Å². The molecule has 11 nitrogen and oxygen atoms in total. The molecule has 0 radical (unpaired) electrons. The molecule has 0 spiro atoms. The quantitative estimate of drug-likeness (QED) is 0.276. The minimum absolute atomic E-state index is 0.196. The van der Waals surface area contributed by atoms with Crippen LogP contribution in [0.5, 0.6) is 5.75 Å². The molecular weight excluding hydrogens is 458 g/mol. The Morgan fingerprint density at radius 2 is 2.14 bits per heavy atom. The molecule has 5 N–H and O–H groups in total. The Hall–Kier alpha value is -4.51. The van der Waals surface area contributed by atoms with Crippen molar-refractivity contribution >= 4 is 39.3 Å². The lowest BCUT2D eigenvalue weighted by Gasteiger charge is -2.27. The van der Waals surface area contributed by atoms with E-state index in [1.807, 2.05) is 36.4 Å². The van der Waals surface area contributed by atoms with Crippen LogP contribution in [0.2, 0.25) is 0 Å². The Morgan fingerprint density at radius 1 is 1.19 bits per heavy atom. The van der Waals surface area contributed by atoms with Gasteiger partial charge in [0.15, 0.2) is 17.7 Å². The molecule has 1 saturated heterocycles. The van der Waals surface area contributed by atoms with Crippen molar-refractivity contribution in [3.8, 4) is 5.75 Å². The number of ether oxygens (including phenoxy) is 1. The third kappa shape index (κ3) is 4.20. The van der Waals surface area contributed by atoms with Gasteiger partial charge >= 0.3 is 0 Å². The maximum atomic E-state index is 12.7. The van der Waals surface area contributed by atoms with E-state index < -0.39 is 6.04 Å². The van der Waals surface area contributed by atoms with Crippen molar-refractivity contribution in [3.63, 3.8) is 0 Å². The molecule has 6 rings (SSSR count). The largest absolute Gasteiger partial charge is 0.470 e. The molecule has 1 amide bonds. The number of rotatable bonds is 7. The first-order valence-corrected chi connectivity index (χ1v) is 11.8. The second-order valence-corrected chi connectivity index (χ2v) is 8.78. The summed E-state index contributed by atoms with van der Waals surface area (Å²) < 4.78 is 6.54. The number of amides is 1. The van der Waals surface area contributed by atoms with Crippen LogP contribution in [0.4, 0.5) is 11.5 Å². The number of carbonyl (C=O) groups excluding carboxylic acids is 1. The normalized spacial score (nSPS) is 16.5. The van der Waals surface area contributed by atoms with Crippen LogP contribution in [0.3, 0.4) is 0 Å². The number of nitrogens with zero attached hydrogens (tertiary/aromatic N) is 5. The van der Waals surface area contributed by atoms with Crippen molar-refractivity contribution in [2.24, 2.45) is 5.73 Å². The summed E-state index contributed by atoms with van der Waals surface area (Å²) >= 11 is 0. The molecule has 5 aromatic rings. The average Bonchev–Trinajstić information content (AvgIpc) is 3.66. The molecule has 1 unspecified atom stereocenters. The van der Waals surface area contributed by atoms with Gasteiger partial charge in [0, 0.05) is 42.4 Å². The highest BCUT2D eigenvalue weighted by atomic mass is 16.5. The Labute approximate surface area is 206 Å². The zero-order valence-corrected chi connectivity index (χ0v) is 19.4. The van der Waals surface area contributed by atoms with Gasteiger partial charge in [-0.15, -0.1) is 0 Å². The fourth-order valence-corrected chi connectivity index (χ4v) is 4.60. The number of nitrogens with two attached hydrogens (primary N) is 1. The van der Waals surface area contributed by atoms with Gasteiger partial charge in [-0.1, -0.05) is 18.2 Å². The summed E-state index contributed by atoms with van der Waals surface area (Å²) in [6, 6.07) is 11.0. The molecule has 4 heterocycles. The Balaban J connectivity index is 1.24. The number of carbonyl (C=O) groups is 1. The van der Waals surface area contributed by atoms with Gasteiger partial charge in [-0.05, 0) is 30.0 Å². The maximum absolute atomic E-state index is 12.7. The third-order valence-corrected chi connectivity index (χ3v) is 6.38. The molecule has 0 aliphatic carbocycles. The molecule has 1 aliphatic rings. The summed E-state index contributed by atoms with van der Waals surface area (Å²) in [6.07, 6.45) is 8.39. The zero-order valence-electron chi connectivity index (χ0n) is 19.4. The van der Waals surface area contributed by atoms with Crippen molar-refractivity contribution in [3.05, 3.63) is 67.3 Å². The molecule has 0 bridgehead atoms. The first kappa shape index (κ1) is 22.0. The van der Waals surface area contributed by atoms with Crippen LogP contribution in [0.15, 0.2) is 61.6 Å². The molecule has 1 fully saturated rings. The first-order chi connectivity index (χ1) is 17.7. The second kappa shape index (κ2) is 9.27. The topological polar surface area (TPSA) is 151 Å². The van der Waals surface area contributed by atoms with Gasteiger partial charge in [0.05, 0.1) is 18.7 Å². The van der Waals surface area contributed by atoms with Crippen LogP contribution in [0, 0.1) is 0 Å². The Morgan fingerprint density at radius 3 is 3.03 bits per heavy atom. The number of hydrogen-bond donors (Lipinski definition) is 4. The van der Waals surface area contributed by atoms with Crippen molar-refractivity contribution in [2.45, 2.75) is 31.5 Å². The SMILES string of the molecule is N[C@@H](Cc1cnc[nH]1)C(=O)Nc1ccc2cccc(OC3CCCN3c3ncnc4nc[nH]c34)c2c1. The minimum atomic E-state index is -0.702. The smallest absolute Gasteiger partial charge is 0.241 e. The van der Waals surface area contributed by atoms with E-state index in [1.54, 1.807) is 18.9 Å². The molecule has 3 aromatic heterocycles. The van der Waals surface area contributed by atoms with E-state index in [0.717, 1.165) is 52.9 Å².